The number of carbonyl (C=O) groups excluding carboxylic acids is 1. The summed E-state index contributed by atoms with van der Waals surface area (Å²) in [6.45, 7) is 0. The molecule has 0 unspecified atom stereocenters. The van der Waals surface area contributed by atoms with Crippen LogP contribution in [0.4, 0.5) is 0 Å². The first-order chi connectivity index (χ1) is 9.11. The van der Waals surface area contributed by atoms with Crippen LogP contribution in [0.3, 0.4) is 0 Å². The zero-order chi connectivity index (χ0) is 13.8. The number of carbonyl (C=O) groups is 1. The maximum Gasteiger partial charge on any atom is 0.252 e. The van der Waals surface area contributed by atoms with E-state index in [4.69, 9.17) is 4.74 Å². The van der Waals surface area contributed by atoms with Crippen molar-refractivity contribution in [2.75, 3.05) is 7.11 Å². The lowest BCUT2D eigenvalue weighted by Gasteiger charge is -2.28. The van der Waals surface area contributed by atoms with E-state index in [1.807, 2.05) is 0 Å². The van der Waals surface area contributed by atoms with Crippen molar-refractivity contribution in [3.8, 4) is 5.75 Å². The summed E-state index contributed by atoms with van der Waals surface area (Å²) in [6, 6.07) is 5.11. The molecule has 0 aliphatic heterocycles. The molecule has 2 atom stereocenters. The molecule has 1 aliphatic carbocycles. The number of halogens is 1. The first kappa shape index (κ1) is 14.3. The van der Waals surface area contributed by atoms with E-state index in [-0.39, 0.29) is 11.9 Å². The van der Waals surface area contributed by atoms with Crippen molar-refractivity contribution in [1.29, 1.82) is 0 Å². The molecular formula is C14H18BrNO3. The van der Waals surface area contributed by atoms with E-state index in [9.17, 15) is 9.90 Å². The van der Waals surface area contributed by atoms with Gasteiger partial charge < -0.3 is 15.2 Å². The van der Waals surface area contributed by atoms with Gasteiger partial charge in [-0.05, 0) is 47.0 Å². The van der Waals surface area contributed by atoms with Crippen LogP contribution in [0.25, 0.3) is 0 Å². The van der Waals surface area contributed by atoms with Crippen molar-refractivity contribution in [3.05, 3.63) is 28.2 Å². The first-order valence-electron chi connectivity index (χ1n) is 6.44. The highest BCUT2D eigenvalue weighted by Gasteiger charge is 2.25. The Morgan fingerprint density at radius 2 is 2.16 bits per heavy atom. The number of hydrogen-bond donors (Lipinski definition) is 2. The van der Waals surface area contributed by atoms with Crippen molar-refractivity contribution in [1.82, 2.24) is 5.32 Å². The number of hydrogen-bond acceptors (Lipinski definition) is 3. The van der Waals surface area contributed by atoms with E-state index in [1.54, 1.807) is 25.3 Å². The number of aliphatic hydroxyl groups is 1. The molecule has 1 amide bonds. The number of benzene rings is 1. The number of methoxy groups -OCH3 is 1. The number of aliphatic hydroxyl groups excluding tert-OH is 1. The predicted molar refractivity (Wildman–Crippen MR) is 76.4 cm³/mol. The lowest BCUT2D eigenvalue weighted by molar-refractivity contribution is 0.0716. The van der Waals surface area contributed by atoms with Crippen LogP contribution >= 0.6 is 15.9 Å². The largest absolute Gasteiger partial charge is 0.497 e. The molecule has 0 saturated heterocycles. The molecule has 1 aromatic rings. The average Bonchev–Trinajstić information content (AvgIpc) is 2.42. The zero-order valence-corrected chi connectivity index (χ0v) is 12.4. The highest BCUT2D eigenvalue weighted by Crippen LogP contribution is 2.24. The van der Waals surface area contributed by atoms with Gasteiger partial charge in [-0.25, -0.2) is 0 Å². The fourth-order valence-electron chi connectivity index (χ4n) is 2.33. The standard InChI is InChI=1S/C14H18BrNO3/c1-19-9-6-7-11(15)10(8-9)14(18)16-12-4-2-3-5-13(12)17/h6-8,12-13,17H,2-5H2,1H3,(H,16,18)/t12-,13-/m1/s1. The second-order valence-corrected chi connectivity index (χ2v) is 5.63. The van der Waals surface area contributed by atoms with Crippen LogP contribution in [0.15, 0.2) is 22.7 Å². The van der Waals surface area contributed by atoms with Gasteiger partial charge in [0.1, 0.15) is 5.75 Å². The average molecular weight is 328 g/mol. The second-order valence-electron chi connectivity index (χ2n) is 4.78. The third-order valence-corrected chi connectivity index (χ3v) is 4.16. The molecule has 2 rings (SSSR count). The van der Waals surface area contributed by atoms with Crippen molar-refractivity contribution in [2.45, 2.75) is 37.8 Å². The summed E-state index contributed by atoms with van der Waals surface area (Å²) in [6.07, 6.45) is 3.21. The van der Waals surface area contributed by atoms with Crippen molar-refractivity contribution in [2.24, 2.45) is 0 Å². The Kier molecular flexibility index (Phi) is 4.82. The Morgan fingerprint density at radius 1 is 1.42 bits per heavy atom. The molecule has 2 N–H and O–H groups in total. The van der Waals surface area contributed by atoms with Crippen LogP contribution in [-0.4, -0.2) is 30.3 Å². The predicted octanol–water partition coefficient (Wildman–Crippen LogP) is 2.49. The van der Waals surface area contributed by atoms with Crippen LogP contribution in [0.2, 0.25) is 0 Å². The quantitative estimate of drug-likeness (QED) is 0.896. The molecule has 0 aromatic heterocycles. The van der Waals surface area contributed by atoms with E-state index in [2.05, 4.69) is 21.2 Å². The summed E-state index contributed by atoms with van der Waals surface area (Å²) in [5.74, 6) is 0.453. The van der Waals surface area contributed by atoms with Gasteiger partial charge in [0.25, 0.3) is 5.91 Å². The highest BCUT2D eigenvalue weighted by molar-refractivity contribution is 9.10. The summed E-state index contributed by atoms with van der Waals surface area (Å²) in [7, 11) is 1.57. The fraction of sp³-hybridized carbons (Fsp3) is 0.500. The SMILES string of the molecule is COc1ccc(Br)c(C(=O)N[C@@H]2CCCC[C@H]2O)c1. The minimum Gasteiger partial charge on any atom is -0.497 e. The van der Waals surface area contributed by atoms with Gasteiger partial charge in [-0.15, -0.1) is 0 Å². The Labute approximate surface area is 121 Å². The van der Waals surface area contributed by atoms with Gasteiger partial charge in [0.15, 0.2) is 0 Å². The molecule has 0 bridgehead atoms. The lowest BCUT2D eigenvalue weighted by atomic mass is 9.92. The third kappa shape index (κ3) is 3.48. The van der Waals surface area contributed by atoms with E-state index < -0.39 is 6.10 Å². The third-order valence-electron chi connectivity index (χ3n) is 3.46. The zero-order valence-electron chi connectivity index (χ0n) is 10.9. The highest BCUT2D eigenvalue weighted by atomic mass is 79.9. The molecule has 104 valence electrons. The van der Waals surface area contributed by atoms with Crippen molar-refractivity contribution >= 4 is 21.8 Å². The topological polar surface area (TPSA) is 58.6 Å². The molecule has 1 aliphatic rings. The van der Waals surface area contributed by atoms with Crippen molar-refractivity contribution in [3.63, 3.8) is 0 Å². The molecule has 0 heterocycles. The molecule has 1 fully saturated rings. The van der Waals surface area contributed by atoms with Crippen LogP contribution in [-0.2, 0) is 0 Å². The van der Waals surface area contributed by atoms with Gasteiger partial charge >= 0.3 is 0 Å². The van der Waals surface area contributed by atoms with E-state index >= 15 is 0 Å². The molecule has 4 nitrogen and oxygen atoms in total. The van der Waals surface area contributed by atoms with Gasteiger partial charge in [0.2, 0.25) is 0 Å². The van der Waals surface area contributed by atoms with Gasteiger partial charge in [-0.2, -0.15) is 0 Å². The molecule has 19 heavy (non-hydrogen) atoms. The molecule has 5 heteroatoms. The van der Waals surface area contributed by atoms with E-state index in [0.29, 0.717) is 11.3 Å². The summed E-state index contributed by atoms with van der Waals surface area (Å²) in [5, 5.41) is 12.8. The maximum atomic E-state index is 12.2. The van der Waals surface area contributed by atoms with Gasteiger partial charge in [0, 0.05) is 4.47 Å². The van der Waals surface area contributed by atoms with Crippen LogP contribution in [0, 0.1) is 0 Å². The maximum absolute atomic E-state index is 12.2. The van der Waals surface area contributed by atoms with Crippen LogP contribution in [0.1, 0.15) is 36.0 Å². The second kappa shape index (κ2) is 6.39. The van der Waals surface area contributed by atoms with Crippen LogP contribution in [0.5, 0.6) is 5.75 Å². The number of nitrogens with one attached hydrogen (secondary N) is 1. The summed E-state index contributed by atoms with van der Waals surface area (Å²) in [4.78, 5) is 12.2. The Hall–Kier alpha value is -1.07. The number of amides is 1. The minimum atomic E-state index is -0.443. The Bertz CT molecular complexity index is 464. The Morgan fingerprint density at radius 3 is 2.84 bits per heavy atom. The van der Waals surface area contributed by atoms with Crippen molar-refractivity contribution < 1.29 is 14.6 Å². The molecular weight excluding hydrogens is 310 g/mol. The van der Waals surface area contributed by atoms with Gasteiger partial charge in [-0.1, -0.05) is 12.8 Å². The monoisotopic (exact) mass is 327 g/mol. The summed E-state index contributed by atoms with van der Waals surface area (Å²) >= 11 is 3.36. The van der Waals surface area contributed by atoms with Gasteiger partial charge in [-0.3, -0.25) is 4.79 Å². The summed E-state index contributed by atoms with van der Waals surface area (Å²) < 4.78 is 5.84. The minimum absolute atomic E-state index is 0.153. The summed E-state index contributed by atoms with van der Waals surface area (Å²) in [5.41, 5.74) is 0.525. The first-order valence-corrected chi connectivity index (χ1v) is 7.23. The lowest BCUT2D eigenvalue weighted by Crippen LogP contribution is -2.45. The molecule has 0 spiro atoms. The Balaban J connectivity index is 2.10. The van der Waals surface area contributed by atoms with Crippen LogP contribution < -0.4 is 10.1 Å². The molecule has 1 saturated carbocycles. The fourth-order valence-corrected chi connectivity index (χ4v) is 2.76. The number of ether oxygens (including phenoxy) is 1. The van der Waals surface area contributed by atoms with E-state index in [0.717, 1.165) is 30.2 Å². The van der Waals surface area contributed by atoms with E-state index in [1.165, 1.54) is 0 Å². The van der Waals surface area contributed by atoms with Gasteiger partial charge in [0.05, 0.1) is 24.8 Å². The number of rotatable bonds is 3. The molecule has 0 radical (unpaired) electrons. The smallest absolute Gasteiger partial charge is 0.252 e. The normalized spacial score (nSPS) is 22.9. The molecule has 1 aromatic carbocycles.